The molecule has 172 valence electrons. The number of carbonyl (C=O) groups is 1. The first-order valence-corrected chi connectivity index (χ1v) is 12.4. The van der Waals surface area contributed by atoms with E-state index in [-0.39, 0.29) is 23.6 Å². The van der Waals surface area contributed by atoms with Crippen LogP contribution in [0.25, 0.3) is 16.9 Å². The SMILES string of the molecule is O=C(c1ccccc1F)N1C2CCC1CN(Cc1c(-c3ccc(Br)cc3)nc3ccccn13)C2. The summed E-state index contributed by atoms with van der Waals surface area (Å²) in [5.74, 6) is -0.630. The quantitative estimate of drug-likeness (QED) is 0.363. The van der Waals surface area contributed by atoms with Crippen LogP contribution in [0.1, 0.15) is 28.9 Å². The zero-order valence-corrected chi connectivity index (χ0v) is 20.2. The summed E-state index contributed by atoms with van der Waals surface area (Å²) >= 11 is 3.52. The molecule has 2 unspecified atom stereocenters. The van der Waals surface area contributed by atoms with Gasteiger partial charge in [0.25, 0.3) is 5.91 Å². The number of nitrogens with zero attached hydrogens (tertiary/aromatic N) is 4. The van der Waals surface area contributed by atoms with Crippen LogP contribution in [0.4, 0.5) is 4.39 Å². The largest absolute Gasteiger partial charge is 0.330 e. The maximum absolute atomic E-state index is 14.3. The van der Waals surface area contributed by atoms with Crippen LogP contribution < -0.4 is 0 Å². The molecule has 2 fully saturated rings. The highest BCUT2D eigenvalue weighted by Gasteiger charge is 2.43. The number of aromatic nitrogens is 2. The van der Waals surface area contributed by atoms with E-state index in [0.29, 0.717) is 0 Å². The van der Waals surface area contributed by atoms with Crippen LogP contribution in [0, 0.1) is 5.82 Å². The first-order chi connectivity index (χ1) is 16.6. The molecule has 4 heterocycles. The number of halogens is 2. The number of piperazine rings is 1. The van der Waals surface area contributed by atoms with Gasteiger partial charge in [-0.15, -0.1) is 0 Å². The summed E-state index contributed by atoms with van der Waals surface area (Å²) in [6.45, 7) is 2.29. The summed E-state index contributed by atoms with van der Waals surface area (Å²) in [7, 11) is 0. The Morgan fingerprint density at radius 1 is 0.971 bits per heavy atom. The molecule has 4 aromatic rings. The second-order valence-corrected chi connectivity index (χ2v) is 10.0. The number of imidazole rings is 1. The fourth-order valence-electron chi connectivity index (χ4n) is 5.47. The number of fused-ring (bicyclic) bond motifs is 3. The van der Waals surface area contributed by atoms with Gasteiger partial charge in [0.15, 0.2) is 0 Å². The Bertz CT molecular complexity index is 1350. The molecule has 0 radical (unpaired) electrons. The van der Waals surface area contributed by atoms with Crippen molar-refractivity contribution in [3.63, 3.8) is 0 Å². The van der Waals surface area contributed by atoms with Gasteiger partial charge >= 0.3 is 0 Å². The summed E-state index contributed by atoms with van der Waals surface area (Å²) in [6.07, 6.45) is 3.97. The smallest absolute Gasteiger partial charge is 0.257 e. The summed E-state index contributed by atoms with van der Waals surface area (Å²) < 4.78 is 17.5. The molecule has 0 aliphatic carbocycles. The van der Waals surface area contributed by atoms with Crippen molar-refractivity contribution in [1.82, 2.24) is 19.2 Å². The minimum atomic E-state index is -0.445. The van der Waals surface area contributed by atoms with Gasteiger partial charge in [0.2, 0.25) is 0 Å². The third-order valence-corrected chi connectivity index (χ3v) is 7.55. The van der Waals surface area contributed by atoms with Gasteiger partial charge in [0.1, 0.15) is 11.5 Å². The number of likely N-dealkylation sites (tertiary alicyclic amines) is 1. The van der Waals surface area contributed by atoms with E-state index in [9.17, 15) is 9.18 Å². The minimum absolute atomic E-state index is 0.0983. The second kappa shape index (κ2) is 8.64. The van der Waals surface area contributed by atoms with Crippen molar-refractivity contribution in [2.24, 2.45) is 0 Å². The van der Waals surface area contributed by atoms with Crippen LogP contribution in [0.3, 0.4) is 0 Å². The van der Waals surface area contributed by atoms with Crippen LogP contribution in [0.5, 0.6) is 0 Å². The van der Waals surface area contributed by atoms with E-state index in [0.717, 1.165) is 59.5 Å². The van der Waals surface area contributed by atoms with Gasteiger partial charge in [-0.25, -0.2) is 9.37 Å². The minimum Gasteiger partial charge on any atom is -0.330 e. The number of amides is 1. The van der Waals surface area contributed by atoms with Crippen molar-refractivity contribution in [1.29, 1.82) is 0 Å². The number of rotatable bonds is 4. The third kappa shape index (κ3) is 3.73. The molecule has 2 bridgehead atoms. The van der Waals surface area contributed by atoms with E-state index in [1.54, 1.807) is 18.2 Å². The maximum atomic E-state index is 14.3. The molecule has 2 atom stereocenters. The first kappa shape index (κ1) is 21.5. The van der Waals surface area contributed by atoms with Crippen LogP contribution >= 0.6 is 15.9 Å². The molecule has 7 heteroatoms. The van der Waals surface area contributed by atoms with Crippen LogP contribution in [0.15, 0.2) is 77.4 Å². The van der Waals surface area contributed by atoms with Crippen LogP contribution in [-0.4, -0.2) is 50.3 Å². The predicted molar refractivity (Wildman–Crippen MR) is 133 cm³/mol. The van der Waals surface area contributed by atoms with Crippen LogP contribution in [-0.2, 0) is 6.54 Å². The number of benzene rings is 2. The Morgan fingerprint density at radius 2 is 1.68 bits per heavy atom. The molecule has 2 aliphatic heterocycles. The Kier molecular flexibility index (Phi) is 5.46. The predicted octanol–water partition coefficient (Wildman–Crippen LogP) is 5.39. The Labute approximate surface area is 206 Å². The highest BCUT2D eigenvalue weighted by molar-refractivity contribution is 9.10. The molecule has 5 nitrogen and oxygen atoms in total. The molecule has 0 saturated carbocycles. The van der Waals surface area contributed by atoms with Gasteiger partial charge in [-0.2, -0.15) is 0 Å². The zero-order chi connectivity index (χ0) is 23.2. The summed E-state index contributed by atoms with van der Waals surface area (Å²) in [4.78, 5) is 22.5. The zero-order valence-electron chi connectivity index (χ0n) is 18.6. The lowest BCUT2D eigenvalue weighted by Gasteiger charge is -2.41. The molecule has 0 N–H and O–H groups in total. The summed E-state index contributed by atoms with van der Waals surface area (Å²) in [5.41, 5.74) is 4.30. The average Bonchev–Trinajstić information content (AvgIpc) is 3.34. The van der Waals surface area contributed by atoms with Crippen molar-refractivity contribution in [3.05, 3.63) is 94.5 Å². The molecule has 2 saturated heterocycles. The second-order valence-electron chi connectivity index (χ2n) is 9.11. The molecule has 1 amide bonds. The van der Waals surface area contributed by atoms with Crippen molar-refractivity contribution in [2.75, 3.05) is 13.1 Å². The monoisotopic (exact) mass is 518 g/mol. The molecule has 6 rings (SSSR count). The van der Waals surface area contributed by atoms with E-state index in [1.807, 2.05) is 35.2 Å². The lowest BCUT2D eigenvalue weighted by molar-refractivity contribution is 0.0398. The van der Waals surface area contributed by atoms with E-state index in [1.165, 1.54) is 6.07 Å². The van der Waals surface area contributed by atoms with E-state index in [2.05, 4.69) is 43.6 Å². The number of hydrogen-bond donors (Lipinski definition) is 0. The van der Waals surface area contributed by atoms with Gasteiger partial charge in [0, 0.05) is 48.0 Å². The average molecular weight is 519 g/mol. The lowest BCUT2D eigenvalue weighted by atomic mass is 10.1. The molecule has 2 aromatic carbocycles. The highest BCUT2D eigenvalue weighted by Crippen LogP contribution is 2.34. The number of carbonyl (C=O) groups excluding carboxylic acids is 1. The Morgan fingerprint density at radius 3 is 2.41 bits per heavy atom. The lowest BCUT2D eigenvalue weighted by Crippen LogP contribution is -2.55. The van der Waals surface area contributed by atoms with Gasteiger partial charge in [-0.3, -0.25) is 9.69 Å². The molecule has 0 spiro atoms. The summed E-state index contributed by atoms with van der Waals surface area (Å²) in [6, 6.07) is 20.8. The summed E-state index contributed by atoms with van der Waals surface area (Å²) in [5, 5.41) is 0. The maximum Gasteiger partial charge on any atom is 0.257 e. The molecule has 2 aromatic heterocycles. The van der Waals surface area contributed by atoms with Crippen LogP contribution in [0.2, 0.25) is 0 Å². The molecule has 34 heavy (non-hydrogen) atoms. The topological polar surface area (TPSA) is 40.9 Å². The van der Waals surface area contributed by atoms with Gasteiger partial charge in [-0.05, 0) is 49.2 Å². The highest BCUT2D eigenvalue weighted by atomic mass is 79.9. The van der Waals surface area contributed by atoms with Crippen molar-refractivity contribution >= 4 is 27.5 Å². The van der Waals surface area contributed by atoms with E-state index < -0.39 is 5.82 Å². The number of pyridine rings is 1. The molecular weight excluding hydrogens is 495 g/mol. The standard InChI is InChI=1S/C27H24BrFN4O/c28-19-10-8-18(9-11-19)26-24(32-14-4-3-7-25(32)30-26)17-31-15-20-12-13-21(16-31)33(20)27(34)22-5-1-2-6-23(22)29/h1-11,14,20-21H,12-13,15-17H2. The fourth-order valence-corrected chi connectivity index (χ4v) is 5.74. The van der Waals surface area contributed by atoms with Gasteiger partial charge < -0.3 is 9.30 Å². The fraction of sp³-hybridized carbons (Fsp3) is 0.259. The molecule has 2 aliphatic rings. The van der Waals surface area contributed by atoms with Crippen molar-refractivity contribution < 1.29 is 9.18 Å². The van der Waals surface area contributed by atoms with E-state index in [4.69, 9.17) is 4.98 Å². The van der Waals surface area contributed by atoms with Crippen molar-refractivity contribution in [3.8, 4) is 11.3 Å². The Hall–Kier alpha value is -3.03. The third-order valence-electron chi connectivity index (χ3n) is 7.02. The van der Waals surface area contributed by atoms with Gasteiger partial charge in [-0.1, -0.05) is 46.3 Å². The van der Waals surface area contributed by atoms with E-state index >= 15 is 0 Å². The normalized spacial score (nSPS) is 20.2. The number of hydrogen-bond acceptors (Lipinski definition) is 3. The Balaban J connectivity index is 1.29. The van der Waals surface area contributed by atoms with Crippen molar-refractivity contribution in [2.45, 2.75) is 31.5 Å². The molecular formula is C27H24BrFN4O. The first-order valence-electron chi connectivity index (χ1n) is 11.6. The van der Waals surface area contributed by atoms with Gasteiger partial charge in [0.05, 0.1) is 17.0 Å².